The average Bonchev–Trinajstić information content (AvgIpc) is 2.48. The predicted molar refractivity (Wildman–Crippen MR) is 90.4 cm³/mol. The van der Waals surface area contributed by atoms with E-state index in [1.165, 1.54) is 11.1 Å². The molecule has 0 aliphatic heterocycles. The summed E-state index contributed by atoms with van der Waals surface area (Å²) >= 11 is 3.48. The molecule has 2 N–H and O–H groups in total. The molecule has 2 rings (SSSR count). The third-order valence-electron chi connectivity index (χ3n) is 3.24. The van der Waals surface area contributed by atoms with Gasteiger partial charge in [-0.1, -0.05) is 51.8 Å². The van der Waals surface area contributed by atoms with Crippen molar-refractivity contribution in [2.24, 2.45) is 0 Å². The van der Waals surface area contributed by atoms with E-state index >= 15 is 0 Å². The molecule has 21 heavy (non-hydrogen) atoms. The van der Waals surface area contributed by atoms with Crippen molar-refractivity contribution in [3.05, 3.63) is 63.6 Å². The average molecular weight is 347 g/mol. The van der Waals surface area contributed by atoms with Crippen LogP contribution in [0.2, 0.25) is 0 Å². The Morgan fingerprint density at radius 3 is 2.48 bits per heavy atom. The van der Waals surface area contributed by atoms with E-state index in [-0.39, 0.29) is 12.5 Å². The van der Waals surface area contributed by atoms with Crippen LogP contribution in [0.3, 0.4) is 0 Å². The first kappa shape index (κ1) is 15.6. The molecule has 4 heteroatoms. The van der Waals surface area contributed by atoms with Gasteiger partial charge in [0.2, 0.25) is 5.91 Å². The van der Waals surface area contributed by atoms with E-state index in [4.69, 9.17) is 0 Å². The minimum atomic E-state index is -0.0210. The molecule has 1 amide bonds. The van der Waals surface area contributed by atoms with Crippen molar-refractivity contribution in [1.82, 2.24) is 5.32 Å². The molecule has 0 aromatic heterocycles. The molecular formula is C17H19BrN2O. The van der Waals surface area contributed by atoms with Gasteiger partial charge in [-0.3, -0.25) is 4.79 Å². The van der Waals surface area contributed by atoms with Gasteiger partial charge in [0, 0.05) is 16.7 Å². The Bertz CT molecular complexity index is 623. The second kappa shape index (κ2) is 7.27. The largest absolute Gasteiger partial charge is 0.376 e. The summed E-state index contributed by atoms with van der Waals surface area (Å²) in [6, 6.07) is 14.1. The van der Waals surface area contributed by atoms with Crippen LogP contribution in [0, 0.1) is 13.8 Å². The van der Waals surface area contributed by atoms with Gasteiger partial charge in [0.15, 0.2) is 0 Å². The molecule has 3 nitrogen and oxygen atoms in total. The van der Waals surface area contributed by atoms with Crippen LogP contribution < -0.4 is 10.6 Å². The van der Waals surface area contributed by atoms with Crippen molar-refractivity contribution in [3.63, 3.8) is 0 Å². The predicted octanol–water partition coefficient (Wildman–Crippen LogP) is 3.79. The van der Waals surface area contributed by atoms with E-state index in [2.05, 4.69) is 26.6 Å². The molecule has 110 valence electrons. The van der Waals surface area contributed by atoms with Crippen molar-refractivity contribution < 1.29 is 4.79 Å². The fourth-order valence-corrected chi connectivity index (χ4v) is 2.23. The van der Waals surface area contributed by atoms with Crippen molar-refractivity contribution in [2.75, 3.05) is 11.9 Å². The molecular weight excluding hydrogens is 328 g/mol. The number of nitrogens with one attached hydrogen (secondary N) is 2. The highest BCUT2D eigenvalue weighted by atomic mass is 79.9. The smallest absolute Gasteiger partial charge is 0.239 e. The van der Waals surface area contributed by atoms with E-state index < -0.39 is 0 Å². The van der Waals surface area contributed by atoms with Crippen LogP contribution in [0.1, 0.15) is 16.7 Å². The number of carbonyl (C=O) groups excluding carboxylic acids is 1. The topological polar surface area (TPSA) is 41.1 Å². The minimum Gasteiger partial charge on any atom is -0.376 e. The molecule has 0 heterocycles. The summed E-state index contributed by atoms with van der Waals surface area (Å²) in [6.07, 6.45) is 0. The minimum absolute atomic E-state index is 0.0210. The highest BCUT2D eigenvalue weighted by Crippen LogP contribution is 2.20. The van der Waals surface area contributed by atoms with Gasteiger partial charge in [0.05, 0.1) is 6.54 Å². The van der Waals surface area contributed by atoms with Gasteiger partial charge >= 0.3 is 0 Å². The van der Waals surface area contributed by atoms with Gasteiger partial charge < -0.3 is 10.6 Å². The maximum absolute atomic E-state index is 11.8. The van der Waals surface area contributed by atoms with E-state index in [1.54, 1.807) is 0 Å². The zero-order valence-corrected chi connectivity index (χ0v) is 13.8. The summed E-state index contributed by atoms with van der Waals surface area (Å²) in [4.78, 5) is 11.8. The summed E-state index contributed by atoms with van der Waals surface area (Å²) in [5.41, 5.74) is 4.42. The number of benzene rings is 2. The summed E-state index contributed by atoms with van der Waals surface area (Å²) in [7, 11) is 0. The second-order valence-corrected chi connectivity index (χ2v) is 5.93. The van der Waals surface area contributed by atoms with Gasteiger partial charge in [-0.15, -0.1) is 0 Å². The van der Waals surface area contributed by atoms with Crippen LogP contribution >= 0.6 is 15.9 Å². The van der Waals surface area contributed by atoms with Crippen LogP contribution in [-0.2, 0) is 11.3 Å². The quantitative estimate of drug-likeness (QED) is 0.864. The molecule has 0 aliphatic rings. The molecule has 0 spiro atoms. The van der Waals surface area contributed by atoms with Crippen molar-refractivity contribution in [2.45, 2.75) is 20.4 Å². The van der Waals surface area contributed by atoms with Gasteiger partial charge in [0.1, 0.15) is 0 Å². The molecule has 0 fully saturated rings. The highest BCUT2D eigenvalue weighted by molar-refractivity contribution is 9.10. The number of anilines is 1. The maximum Gasteiger partial charge on any atom is 0.239 e. The Hall–Kier alpha value is -1.81. The molecule has 0 saturated heterocycles. The van der Waals surface area contributed by atoms with E-state index in [1.807, 2.05) is 56.3 Å². The zero-order valence-electron chi connectivity index (χ0n) is 12.2. The third-order valence-corrected chi connectivity index (χ3v) is 4.09. The normalized spacial score (nSPS) is 10.2. The summed E-state index contributed by atoms with van der Waals surface area (Å²) in [6.45, 7) is 4.90. The lowest BCUT2D eigenvalue weighted by Crippen LogP contribution is -2.29. The van der Waals surface area contributed by atoms with Crippen LogP contribution in [-0.4, -0.2) is 12.5 Å². The Labute approximate surface area is 133 Å². The number of amides is 1. The first-order valence-corrected chi connectivity index (χ1v) is 7.66. The SMILES string of the molecule is Cc1ccc(CNC(=O)CNc2ccc(C)c(Br)c2)cc1. The zero-order chi connectivity index (χ0) is 15.2. The Morgan fingerprint density at radius 2 is 1.81 bits per heavy atom. The van der Waals surface area contributed by atoms with E-state index in [0.29, 0.717) is 6.54 Å². The maximum atomic E-state index is 11.8. The van der Waals surface area contributed by atoms with Crippen LogP contribution in [0.4, 0.5) is 5.69 Å². The molecule has 0 saturated carbocycles. The van der Waals surface area contributed by atoms with Crippen LogP contribution in [0.5, 0.6) is 0 Å². The molecule has 2 aromatic carbocycles. The summed E-state index contributed by atoms with van der Waals surface area (Å²) in [5, 5.41) is 6.02. The molecule has 0 bridgehead atoms. The lowest BCUT2D eigenvalue weighted by molar-refractivity contribution is -0.119. The van der Waals surface area contributed by atoms with E-state index in [9.17, 15) is 4.79 Å². The lowest BCUT2D eigenvalue weighted by Gasteiger charge is -2.09. The Morgan fingerprint density at radius 1 is 1.10 bits per heavy atom. The number of hydrogen-bond acceptors (Lipinski definition) is 2. The molecule has 0 aliphatic carbocycles. The number of aryl methyl sites for hydroxylation is 2. The Balaban J connectivity index is 1.79. The lowest BCUT2D eigenvalue weighted by atomic mass is 10.1. The highest BCUT2D eigenvalue weighted by Gasteiger charge is 2.02. The van der Waals surface area contributed by atoms with Crippen molar-refractivity contribution in [1.29, 1.82) is 0 Å². The first-order valence-electron chi connectivity index (χ1n) is 6.87. The number of hydrogen-bond donors (Lipinski definition) is 2. The number of rotatable bonds is 5. The van der Waals surface area contributed by atoms with Crippen molar-refractivity contribution in [3.8, 4) is 0 Å². The Kier molecular flexibility index (Phi) is 5.39. The van der Waals surface area contributed by atoms with Gasteiger partial charge in [-0.25, -0.2) is 0 Å². The summed E-state index contributed by atoms with van der Waals surface area (Å²) in [5.74, 6) is -0.0210. The number of halogens is 1. The van der Waals surface area contributed by atoms with Crippen LogP contribution in [0.25, 0.3) is 0 Å². The van der Waals surface area contributed by atoms with Crippen LogP contribution in [0.15, 0.2) is 46.9 Å². The van der Waals surface area contributed by atoms with Gasteiger partial charge in [-0.2, -0.15) is 0 Å². The molecule has 0 atom stereocenters. The summed E-state index contributed by atoms with van der Waals surface area (Å²) < 4.78 is 1.03. The second-order valence-electron chi connectivity index (χ2n) is 5.08. The van der Waals surface area contributed by atoms with Gasteiger partial charge in [0.25, 0.3) is 0 Å². The van der Waals surface area contributed by atoms with E-state index in [0.717, 1.165) is 15.7 Å². The first-order chi connectivity index (χ1) is 10.0. The molecule has 2 aromatic rings. The number of carbonyl (C=O) groups is 1. The molecule has 0 unspecified atom stereocenters. The fraction of sp³-hybridized carbons (Fsp3) is 0.235. The standard InChI is InChI=1S/C17H19BrN2O/c1-12-3-6-14(7-4-12)10-20-17(21)11-19-15-8-5-13(2)16(18)9-15/h3-9,19H,10-11H2,1-2H3,(H,20,21). The van der Waals surface area contributed by atoms with Gasteiger partial charge in [-0.05, 0) is 37.1 Å². The third kappa shape index (κ3) is 4.90. The fourth-order valence-electron chi connectivity index (χ4n) is 1.85. The monoisotopic (exact) mass is 346 g/mol. The molecule has 0 radical (unpaired) electrons. The van der Waals surface area contributed by atoms with Crippen molar-refractivity contribution >= 4 is 27.5 Å².